The van der Waals surface area contributed by atoms with Crippen molar-refractivity contribution in [3.8, 4) is 0 Å². The van der Waals surface area contributed by atoms with Crippen LogP contribution in [0.1, 0.15) is 35.3 Å². The van der Waals surface area contributed by atoms with Gasteiger partial charge in [0, 0.05) is 36.2 Å². The molecule has 1 aliphatic heterocycles. The van der Waals surface area contributed by atoms with Crippen LogP contribution in [0.25, 0.3) is 0 Å². The summed E-state index contributed by atoms with van der Waals surface area (Å²) in [6.45, 7) is 3.77. The van der Waals surface area contributed by atoms with Gasteiger partial charge in [-0.2, -0.15) is 0 Å². The fraction of sp³-hybridized carbons (Fsp3) is 0.294. The van der Waals surface area contributed by atoms with Gasteiger partial charge in [0.15, 0.2) is 0 Å². The summed E-state index contributed by atoms with van der Waals surface area (Å²) in [7, 11) is 0. The molecule has 4 nitrogen and oxygen atoms in total. The molecule has 1 atom stereocenters. The van der Waals surface area contributed by atoms with Crippen LogP contribution in [0.5, 0.6) is 0 Å². The highest BCUT2D eigenvalue weighted by Crippen LogP contribution is 2.34. The highest BCUT2D eigenvalue weighted by Gasteiger charge is 2.28. The third kappa shape index (κ3) is 2.67. The van der Waals surface area contributed by atoms with Crippen molar-refractivity contribution in [2.45, 2.75) is 19.4 Å². The van der Waals surface area contributed by atoms with Crippen molar-refractivity contribution < 1.29 is 4.79 Å². The summed E-state index contributed by atoms with van der Waals surface area (Å²) in [6, 6.07) is 12.0. The SMILES string of the molecule is CCNC1CCN(C(=O)c2ccncc2)c2ccccc21. The van der Waals surface area contributed by atoms with Gasteiger partial charge in [0.05, 0.1) is 0 Å². The Morgan fingerprint density at radius 2 is 2.05 bits per heavy atom. The minimum absolute atomic E-state index is 0.0415. The summed E-state index contributed by atoms with van der Waals surface area (Å²) in [5, 5.41) is 3.49. The first-order valence-electron chi connectivity index (χ1n) is 7.35. The van der Waals surface area contributed by atoms with E-state index in [1.54, 1.807) is 24.5 Å². The molecule has 0 saturated heterocycles. The lowest BCUT2D eigenvalue weighted by Crippen LogP contribution is -2.39. The first-order chi connectivity index (χ1) is 10.3. The summed E-state index contributed by atoms with van der Waals surface area (Å²) < 4.78 is 0. The van der Waals surface area contributed by atoms with Gasteiger partial charge in [0.2, 0.25) is 0 Å². The number of anilines is 1. The van der Waals surface area contributed by atoms with Crippen LogP contribution >= 0.6 is 0 Å². The molecule has 2 heterocycles. The minimum Gasteiger partial charge on any atom is -0.310 e. The highest BCUT2D eigenvalue weighted by atomic mass is 16.2. The van der Waals surface area contributed by atoms with Crippen molar-refractivity contribution in [2.24, 2.45) is 0 Å². The zero-order valence-electron chi connectivity index (χ0n) is 12.1. The molecule has 2 aromatic rings. The molecule has 0 saturated carbocycles. The number of carbonyl (C=O) groups excluding carboxylic acids is 1. The summed E-state index contributed by atoms with van der Waals surface area (Å²) >= 11 is 0. The molecule has 1 unspecified atom stereocenters. The molecule has 1 N–H and O–H groups in total. The Labute approximate surface area is 124 Å². The van der Waals surface area contributed by atoms with Crippen LogP contribution in [-0.4, -0.2) is 24.0 Å². The number of aromatic nitrogens is 1. The maximum absolute atomic E-state index is 12.7. The molecule has 1 aromatic heterocycles. The third-order valence-electron chi connectivity index (χ3n) is 3.87. The van der Waals surface area contributed by atoms with Crippen LogP contribution in [0.2, 0.25) is 0 Å². The Bertz CT molecular complexity index is 627. The van der Waals surface area contributed by atoms with E-state index in [1.807, 2.05) is 23.1 Å². The predicted octanol–water partition coefficient (Wildman–Crippen LogP) is 2.78. The van der Waals surface area contributed by atoms with Gasteiger partial charge in [0.25, 0.3) is 5.91 Å². The Morgan fingerprint density at radius 1 is 1.29 bits per heavy atom. The van der Waals surface area contributed by atoms with Crippen molar-refractivity contribution in [1.29, 1.82) is 0 Å². The lowest BCUT2D eigenvalue weighted by Gasteiger charge is -2.34. The summed E-state index contributed by atoms with van der Waals surface area (Å²) in [4.78, 5) is 18.6. The second-order valence-corrected chi connectivity index (χ2v) is 5.15. The normalized spacial score (nSPS) is 17.4. The lowest BCUT2D eigenvalue weighted by molar-refractivity contribution is 0.0983. The van der Waals surface area contributed by atoms with Gasteiger partial charge < -0.3 is 10.2 Å². The van der Waals surface area contributed by atoms with Crippen molar-refractivity contribution in [1.82, 2.24) is 10.3 Å². The van der Waals surface area contributed by atoms with Gasteiger partial charge in [0.1, 0.15) is 0 Å². The quantitative estimate of drug-likeness (QED) is 0.941. The smallest absolute Gasteiger partial charge is 0.258 e. The molecule has 0 spiro atoms. The van der Waals surface area contributed by atoms with Crippen LogP contribution in [0.3, 0.4) is 0 Å². The molecule has 1 aliphatic rings. The zero-order valence-corrected chi connectivity index (χ0v) is 12.1. The van der Waals surface area contributed by atoms with Crippen molar-refractivity contribution >= 4 is 11.6 Å². The second-order valence-electron chi connectivity index (χ2n) is 5.15. The Kier molecular flexibility index (Phi) is 3.97. The molecule has 3 rings (SSSR count). The molecule has 0 fully saturated rings. The maximum Gasteiger partial charge on any atom is 0.258 e. The van der Waals surface area contributed by atoms with E-state index >= 15 is 0 Å². The Balaban J connectivity index is 1.94. The van der Waals surface area contributed by atoms with Crippen LogP contribution < -0.4 is 10.2 Å². The molecule has 1 aromatic carbocycles. The predicted molar refractivity (Wildman–Crippen MR) is 83.4 cm³/mol. The van der Waals surface area contributed by atoms with Gasteiger partial charge >= 0.3 is 0 Å². The summed E-state index contributed by atoms with van der Waals surface area (Å²) in [6.07, 6.45) is 4.25. The number of para-hydroxylation sites is 1. The molecule has 21 heavy (non-hydrogen) atoms. The van der Waals surface area contributed by atoms with Gasteiger partial charge in [-0.05, 0) is 36.7 Å². The van der Waals surface area contributed by atoms with Crippen LogP contribution in [-0.2, 0) is 0 Å². The Morgan fingerprint density at radius 3 is 2.81 bits per heavy atom. The average molecular weight is 281 g/mol. The molecule has 4 heteroatoms. The van der Waals surface area contributed by atoms with E-state index in [-0.39, 0.29) is 5.91 Å². The first kappa shape index (κ1) is 13.8. The number of rotatable bonds is 3. The minimum atomic E-state index is 0.0415. The van der Waals surface area contributed by atoms with Crippen LogP contribution in [0, 0.1) is 0 Å². The second kappa shape index (κ2) is 6.06. The molecule has 1 amide bonds. The van der Waals surface area contributed by atoms with E-state index in [0.717, 1.165) is 25.2 Å². The number of fused-ring (bicyclic) bond motifs is 1. The fourth-order valence-corrected chi connectivity index (χ4v) is 2.88. The topological polar surface area (TPSA) is 45.2 Å². The van der Waals surface area contributed by atoms with Gasteiger partial charge in [-0.25, -0.2) is 0 Å². The summed E-state index contributed by atoms with van der Waals surface area (Å²) in [5.74, 6) is 0.0415. The largest absolute Gasteiger partial charge is 0.310 e. The first-order valence-corrected chi connectivity index (χ1v) is 7.35. The van der Waals surface area contributed by atoms with E-state index < -0.39 is 0 Å². The number of benzene rings is 1. The number of nitrogens with one attached hydrogen (secondary N) is 1. The van der Waals surface area contributed by atoms with Gasteiger partial charge in [-0.3, -0.25) is 9.78 Å². The van der Waals surface area contributed by atoms with E-state index in [2.05, 4.69) is 23.3 Å². The van der Waals surface area contributed by atoms with Gasteiger partial charge in [-0.1, -0.05) is 25.1 Å². The average Bonchev–Trinajstić information content (AvgIpc) is 2.56. The van der Waals surface area contributed by atoms with Crippen molar-refractivity contribution in [3.63, 3.8) is 0 Å². The van der Waals surface area contributed by atoms with Crippen molar-refractivity contribution in [2.75, 3.05) is 18.0 Å². The number of nitrogens with zero attached hydrogens (tertiary/aromatic N) is 2. The van der Waals surface area contributed by atoms with E-state index in [0.29, 0.717) is 11.6 Å². The lowest BCUT2D eigenvalue weighted by atomic mass is 9.95. The third-order valence-corrected chi connectivity index (χ3v) is 3.87. The van der Waals surface area contributed by atoms with E-state index in [4.69, 9.17) is 0 Å². The highest BCUT2D eigenvalue weighted by molar-refractivity contribution is 6.06. The van der Waals surface area contributed by atoms with Crippen LogP contribution in [0.15, 0.2) is 48.8 Å². The number of hydrogen-bond acceptors (Lipinski definition) is 3. The van der Waals surface area contributed by atoms with Crippen LogP contribution in [0.4, 0.5) is 5.69 Å². The fourth-order valence-electron chi connectivity index (χ4n) is 2.88. The number of carbonyl (C=O) groups is 1. The van der Waals surface area contributed by atoms with Gasteiger partial charge in [-0.15, -0.1) is 0 Å². The maximum atomic E-state index is 12.7. The molecule has 0 aliphatic carbocycles. The molecule has 0 bridgehead atoms. The number of amides is 1. The molecule has 0 radical (unpaired) electrons. The monoisotopic (exact) mass is 281 g/mol. The molecular formula is C17H19N3O. The number of pyridine rings is 1. The Hall–Kier alpha value is -2.20. The standard InChI is InChI=1S/C17H19N3O/c1-2-19-15-9-12-20(16-6-4-3-5-14(15)16)17(21)13-7-10-18-11-8-13/h3-8,10-11,15,19H,2,9,12H2,1H3. The molecular weight excluding hydrogens is 262 g/mol. The van der Waals surface area contributed by atoms with E-state index in [1.165, 1.54) is 5.56 Å². The summed E-state index contributed by atoms with van der Waals surface area (Å²) in [5.41, 5.74) is 2.89. The zero-order chi connectivity index (χ0) is 14.7. The van der Waals surface area contributed by atoms with E-state index in [9.17, 15) is 4.79 Å². The number of hydrogen-bond donors (Lipinski definition) is 1. The van der Waals surface area contributed by atoms with Crippen molar-refractivity contribution in [3.05, 3.63) is 59.9 Å². The molecule has 108 valence electrons.